The van der Waals surface area contributed by atoms with Crippen LogP contribution in [0.4, 0.5) is 0 Å². The normalized spacial score (nSPS) is 17.8. The van der Waals surface area contributed by atoms with E-state index in [0.29, 0.717) is 0 Å². The molecular formula is C10H18O2. The molecule has 2 unspecified atom stereocenters. The Morgan fingerprint density at radius 3 is 2.08 bits per heavy atom. The van der Waals surface area contributed by atoms with E-state index in [4.69, 9.17) is 5.11 Å². The molecule has 0 aliphatic rings. The fourth-order valence-corrected chi connectivity index (χ4v) is 0.635. The van der Waals surface area contributed by atoms with Crippen LogP contribution in [0.25, 0.3) is 0 Å². The Morgan fingerprint density at radius 2 is 1.75 bits per heavy atom. The van der Waals surface area contributed by atoms with E-state index in [1.54, 1.807) is 25.2 Å². The smallest absolute Gasteiger partial charge is 0.0807 e. The van der Waals surface area contributed by atoms with E-state index in [0.717, 1.165) is 0 Å². The maximum atomic E-state index is 9.56. The van der Waals surface area contributed by atoms with E-state index in [-0.39, 0.29) is 5.41 Å². The van der Waals surface area contributed by atoms with E-state index >= 15 is 0 Å². The van der Waals surface area contributed by atoms with Gasteiger partial charge in [-0.15, -0.1) is 6.58 Å². The molecule has 0 amide bonds. The van der Waals surface area contributed by atoms with E-state index < -0.39 is 12.2 Å². The topological polar surface area (TPSA) is 40.5 Å². The zero-order valence-corrected chi connectivity index (χ0v) is 7.99. The van der Waals surface area contributed by atoms with Gasteiger partial charge >= 0.3 is 0 Å². The van der Waals surface area contributed by atoms with Crippen LogP contribution < -0.4 is 0 Å². The molecule has 0 aromatic rings. The fraction of sp³-hybridized carbons (Fsp3) is 0.600. The van der Waals surface area contributed by atoms with Gasteiger partial charge in [0.25, 0.3) is 0 Å². The second kappa shape index (κ2) is 4.43. The van der Waals surface area contributed by atoms with Gasteiger partial charge in [-0.3, -0.25) is 0 Å². The molecule has 70 valence electrons. The van der Waals surface area contributed by atoms with Crippen molar-refractivity contribution in [2.75, 3.05) is 0 Å². The predicted octanol–water partition coefficient (Wildman–Crippen LogP) is 1.50. The van der Waals surface area contributed by atoms with Crippen LogP contribution in [0.2, 0.25) is 0 Å². The first-order valence-electron chi connectivity index (χ1n) is 4.08. The number of aliphatic hydroxyl groups excluding tert-OH is 2. The Labute approximate surface area is 74.2 Å². The third kappa shape index (κ3) is 3.69. The highest BCUT2D eigenvalue weighted by molar-refractivity contribution is 5.04. The molecule has 0 fully saturated rings. The molecule has 0 aromatic carbocycles. The van der Waals surface area contributed by atoms with Crippen LogP contribution in [0.15, 0.2) is 24.8 Å². The minimum Gasteiger partial charge on any atom is -0.389 e. The molecule has 2 heteroatoms. The van der Waals surface area contributed by atoms with Gasteiger partial charge in [-0.05, 0) is 6.92 Å². The zero-order chi connectivity index (χ0) is 9.78. The van der Waals surface area contributed by atoms with Gasteiger partial charge in [-0.2, -0.15) is 0 Å². The highest BCUT2D eigenvalue weighted by atomic mass is 16.3. The quantitative estimate of drug-likeness (QED) is 0.628. The molecular weight excluding hydrogens is 152 g/mol. The minimum atomic E-state index is -0.593. The van der Waals surface area contributed by atoms with Crippen molar-refractivity contribution in [3.8, 4) is 0 Å². The SMILES string of the molecule is C=CC(C)(C)C(O)/C=C/C(C)O. The maximum Gasteiger partial charge on any atom is 0.0807 e. The summed E-state index contributed by atoms with van der Waals surface area (Å²) in [6, 6.07) is 0. The largest absolute Gasteiger partial charge is 0.389 e. The Balaban J connectivity index is 4.20. The molecule has 0 heterocycles. The van der Waals surface area contributed by atoms with E-state index in [1.165, 1.54) is 0 Å². The number of rotatable bonds is 4. The highest BCUT2D eigenvalue weighted by Gasteiger charge is 2.21. The third-order valence-corrected chi connectivity index (χ3v) is 1.86. The first kappa shape index (κ1) is 11.4. The molecule has 2 N–H and O–H groups in total. The van der Waals surface area contributed by atoms with Gasteiger partial charge in [0.15, 0.2) is 0 Å². The van der Waals surface area contributed by atoms with Crippen molar-refractivity contribution in [2.24, 2.45) is 5.41 Å². The lowest BCUT2D eigenvalue weighted by molar-refractivity contribution is 0.124. The summed E-state index contributed by atoms with van der Waals surface area (Å²) in [5, 5.41) is 18.5. The molecule has 0 rings (SSSR count). The van der Waals surface area contributed by atoms with Gasteiger partial charge in [0.2, 0.25) is 0 Å². The Hall–Kier alpha value is -0.600. The van der Waals surface area contributed by atoms with Crippen molar-refractivity contribution >= 4 is 0 Å². The van der Waals surface area contributed by atoms with Crippen LogP contribution in [-0.2, 0) is 0 Å². The van der Waals surface area contributed by atoms with Gasteiger partial charge in [-0.25, -0.2) is 0 Å². The van der Waals surface area contributed by atoms with Crippen molar-refractivity contribution in [2.45, 2.75) is 33.0 Å². The second-order valence-electron chi connectivity index (χ2n) is 3.60. The molecule has 0 saturated heterocycles. The van der Waals surface area contributed by atoms with Crippen molar-refractivity contribution in [1.82, 2.24) is 0 Å². The average molecular weight is 170 g/mol. The fourth-order valence-electron chi connectivity index (χ4n) is 0.635. The summed E-state index contributed by atoms with van der Waals surface area (Å²) in [6.07, 6.45) is 3.75. The summed E-state index contributed by atoms with van der Waals surface area (Å²) >= 11 is 0. The summed E-state index contributed by atoms with van der Waals surface area (Å²) in [6.45, 7) is 9.04. The molecule has 0 radical (unpaired) electrons. The molecule has 0 aliphatic carbocycles. The van der Waals surface area contributed by atoms with Gasteiger partial charge in [0, 0.05) is 5.41 Å². The minimum absolute atomic E-state index is 0.342. The van der Waals surface area contributed by atoms with E-state index in [2.05, 4.69) is 6.58 Å². The van der Waals surface area contributed by atoms with Crippen LogP contribution in [-0.4, -0.2) is 22.4 Å². The Morgan fingerprint density at radius 1 is 1.25 bits per heavy atom. The number of aliphatic hydroxyl groups is 2. The Kier molecular flexibility index (Phi) is 4.21. The molecule has 2 atom stereocenters. The first-order chi connectivity index (χ1) is 5.40. The second-order valence-corrected chi connectivity index (χ2v) is 3.60. The van der Waals surface area contributed by atoms with Crippen molar-refractivity contribution in [3.05, 3.63) is 24.8 Å². The molecule has 0 aromatic heterocycles. The molecule has 12 heavy (non-hydrogen) atoms. The van der Waals surface area contributed by atoms with Crippen LogP contribution in [0.3, 0.4) is 0 Å². The average Bonchev–Trinajstić information content (AvgIpc) is 2.00. The summed E-state index contributed by atoms with van der Waals surface area (Å²) < 4.78 is 0. The van der Waals surface area contributed by atoms with Crippen molar-refractivity contribution in [3.63, 3.8) is 0 Å². The molecule has 0 saturated carbocycles. The lowest BCUT2D eigenvalue weighted by atomic mass is 9.86. The Bertz CT molecular complexity index is 169. The summed E-state index contributed by atoms with van der Waals surface area (Å²) in [4.78, 5) is 0. The van der Waals surface area contributed by atoms with Crippen LogP contribution in [0, 0.1) is 5.41 Å². The standard InChI is InChI=1S/C10H18O2/c1-5-10(3,4)9(12)7-6-8(2)11/h5-9,11-12H,1H2,2-4H3/b7-6+. The van der Waals surface area contributed by atoms with Gasteiger partial charge < -0.3 is 10.2 Å². The zero-order valence-electron chi connectivity index (χ0n) is 7.99. The first-order valence-corrected chi connectivity index (χ1v) is 4.08. The number of hydrogen-bond acceptors (Lipinski definition) is 2. The van der Waals surface area contributed by atoms with Crippen molar-refractivity contribution < 1.29 is 10.2 Å². The van der Waals surface area contributed by atoms with Crippen LogP contribution >= 0.6 is 0 Å². The van der Waals surface area contributed by atoms with Crippen LogP contribution in [0.1, 0.15) is 20.8 Å². The maximum absolute atomic E-state index is 9.56. The summed E-state index contributed by atoms with van der Waals surface area (Å²) in [7, 11) is 0. The van der Waals surface area contributed by atoms with Gasteiger partial charge in [0.1, 0.15) is 0 Å². The lowest BCUT2D eigenvalue weighted by Crippen LogP contribution is -2.25. The summed E-state index contributed by atoms with van der Waals surface area (Å²) in [5.41, 5.74) is -0.342. The monoisotopic (exact) mass is 170 g/mol. The van der Waals surface area contributed by atoms with Crippen LogP contribution in [0.5, 0.6) is 0 Å². The van der Waals surface area contributed by atoms with Crippen molar-refractivity contribution in [1.29, 1.82) is 0 Å². The molecule has 0 aliphatic heterocycles. The lowest BCUT2D eigenvalue weighted by Gasteiger charge is -2.24. The summed E-state index contributed by atoms with van der Waals surface area (Å²) in [5.74, 6) is 0. The van der Waals surface area contributed by atoms with Gasteiger partial charge in [0.05, 0.1) is 12.2 Å². The van der Waals surface area contributed by atoms with E-state index in [9.17, 15) is 5.11 Å². The third-order valence-electron chi connectivity index (χ3n) is 1.86. The van der Waals surface area contributed by atoms with Gasteiger partial charge in [-0.1, -0.05) is 32.1 Å². The molecule has 0 bridgehead atoms. The van der Waals surface area contributed by atoms with E-state index in [1.807, 2.05) is 13.8 Å². The molecule has 0 spiro atoms. The predicted molar refractivity (Wildman–Crippen MR) is 50.8 cm³/mol. The number of hydrogen-bond donors (Lipinski definition) is 2. The highest BCUT2D eigenvalue weighted by Crippen LogP contribution is 2.22. The molecule has 2 nitrogen and oxygen atoms in total.